The van der Waals surface area contributed by atoms with Crippen molar-refractivity contribution in [2.45, 2.75) is 25.5 Å². The van der Waals surface area contributed by atoms with Gasteiger partial charge in [0.15, 0.2) is 9.84 Å². The molecule has 0 atom stereocenters. The smallest absolute Gasteiger partial charge is 0.154 e. The number of benzene rings is 2. The Hall–Kier alpha value is -3.18. The highest BCUT2D eigenvalue weighted by Gasteiger charge is 2.23. The van der Waals surface area contributed by atoms with Gasteiger partial charge < -0.3 is 9.64 Å². The van der Waals surface area contributed by atoms with Crippen LogP contribution in [0.15, 0.2) is 46.4 Å². The highest BCUT2D eigenvalue weighted by atomic mass is 32.2. The second kappa shape index (κ2) is 8.28. The molecule has 0 aliphatic carbocycles. The van der Waals surface area contributed by atoms with E-state index < -0.39 is 9.84 Å². The van der Waals surface area contributed by atoms with E-state index in [2.05, 4.69) is 16.1 Å². The molecule has 0 radical (unpaired) electrons. The summed E-state index contributed by atoms with van der Waals surface area (Å²) >= 11 is 0. The second-order valence-corrected chi connectivity index (χ2v) is 9.46. The Morgan fingerprint density at radius 2 is 2.13 bits per heavy atom. The first-order valence-electron chi connectivity index (χ1n) is 9.90. The lowest BCUT2D eigenvalue weighted by Gasteiger charge is -2.29. The van der Waals surface area contributed by atoms with Gasteiger partial charge in [-0.25, -0.2) is 13.4 Å². The largest absolute Gasteiger partial charge is 0.456 e. The summed E-state index contributed by atoms with van der Waals surface area (Å²) in [5.74, 6) is 1.67. The Morgan fingerprint density at radius 1 is 1.27 bits per heavy atom. The first-order valence-corrected chi connectivity index (χ1v) is 11.7. The quantitative estimate of drug-likeness (QED) is 0.706. The summed E-state index contributed by atoms with van der Waals surface area (Å²) in [6, 6.07) is 12.7. The number of hydrogen-bond acceptors (Lipinski definition) is 7. The topological polar surface area (TPSA) is 95.1 Å². The van der Waals surface area contributed by atoms with Gasteiger partial charge in [0.2, 0.25) is 0 Å². The maximum absolute atomic E-state index is 12.3. The summed E-state index contributed by atoms with van der Waals surface area (Å²) in [6.45, 7) is 3.47. The molecule has 2 aromatic rings. The summed E-state index contributed by atoms with van der Waals surface area (Å²) in [5.41, 5.74) is 2.40. The summed E-state index contributed by atoms with van der Waals surface area (Å²) in [7, 11) is -3.28. The molecule has 4 rings (SSSR count). The zero-order valence-electron chi connectivity index (χ0n) is 16.7. The van der Waals surface area contributed by atoms with E-state index in [1.165, 1.54) is 0 Å². The van der Waals surface area contributed by atoms with Gasteiger partial charge in [0.05, 0.1) is 29.1 Å². The predicted molar refractivity (Wildman–Crippen MR) is 116 cm³/mol. The molecule has 30 heavy (non-hydrogen) atoms. The van der Waals surface area contributed by atoms with Gasteiger partial charge in [-0.1, -0.05) is 19.1 Å². The number of rotatable bonds is 6. The van der Waals surface area contributed by atoms with Crippen LogP contribution in [-0.4, -0.2) is 44.3 Å². The number of fused-ring (bicyclic) bond motifs is 3. The molecule has 8 heteroatoms. The number of hydrogen-bond donors (Lipinski definition) is 0. The molecule has 2 aromatic carbocycles. The van der Waals surface area contributed by atoms with Gasteiger partial charge in [-0.3, -0.25) is 4.99 Å². The molecule has 2 aliphatic rings. The molecule has 7 nitrogen and oxygen atoms in total. The van der Waals surface area contributed by atoms with Gasteiger partial charge in [-0.05, 0) is 42.7 Å². The van der Waals surface area contributed by atoms with E-state index in [-0.39, 0.29) is 17.1 Å². The maximum Gasteiger partial charge on any atom is 0.154 e. The number of sulfone groups is 1. The average Bonchev–Trinajstić information content (AvgIpc) is 2.73. The molecular formula is C22H22N4O3S. The van der Waals surface area contributed by atoms with Crippen molar-refractivity contribution in [1.29, 1.82) is 5.26 Å². The van der Waals surface area contributed by atoms with Crippen molar-refractivity contribution < 1.29 is 13.2 Å². The first kappa shape index (κ1) is 20.1. The molecule has 0 saturated heterocycles. The average molecular weight is 423 g/mol. The van der Waals surface area contributed by atoms with Crippen LogP contribution >= 0.6 is 0 Å². The number of aliphatic imine (C=N–C) groups is 2. The third-order valence-corrected chi connectivity index (χ3v) is 6.76. The molecule has 0 bridgehead atoms. The summed E-state index contributed by atoms with van der Waals surface area (Å²) in [5, 5.41) is 9.68. The molecule has 0 unspecified atom stereocenters. The zero-order chi connectivity index (χ0) is 21.1. The Kier molecular flexibility index (Phi) is 5.55. The second-order valence-electron chi connectivity index (χ2n) is 7.27. The number of ether oxygens (including phenoxy) is 1. The van der Waals surface area contributed by atoms with Crippen molar-refractivity contribution in [3.05, 3.63) is 53.1 Å². The Balaban J connectivity index is 1.66. The van der Waals surface area contributed by atoms with E-state index in [1.54, 1.807) is 30.6 Å². The van der Waals surface area contributed by atoms with Gasteiger partial charge in [-0.15, -0.1) is 0 Å². The molecule has 154 valence electrons. The predicted octanol–water partition coefficient (Wildman–Crippen LogP) is 3.80. The molecule has 0 aromatic heterocycles. The minimum Gasteiger partial charge on any atom is -0.456 e. The van der Waals surface area contributed by atoms with Crippen LogP contribution in [0.3, 0.4) is 0 Å². The van der Waals surface area contributed by atoms with Crippen molar-refractivity contribution >= 4 is 27.7 Å². The van der Waals surface area contributed by atoms with Crippen LogP contribution in [0.25, 0.3) is 0 Å². The summed E-state index contributed by atoms with van der Waals surface area (Å²) in [4.78, 5) is 11.1. The summed E-state index contributed by atoms with van der Waals surface area (Å²) in [6.07, 6.45) is 3.33. The lowest BCUT2D eigenvalue weighted by Crippen LogP contribution is -2.36. The number of nitrogens with zero attached hydrogens (tertiary/aromatic N) is 4. The van der Waals surface area contributed by atoms with Crippen LogP contribution in [0.2, 0.25) is 0 Å². The van der Waals surface area contributed by atoms with Crippen LogP contribution in [0.4, 0.5) is 5.69 Å². The van der Waals surface area contributed by atoms with Crippen molar-refractivity contribution in [3.63, 3.8) is 0 Å². The number of amidine groups is 1. The lowest BCUT2D eigenvalue weighted by molar-refractivity contribution is 0.480. The van der Waals surface area contributed by atoms with Crippen molar-refractivity contribution in [3.8, 4) is 17.6 Å². The van der Waals surface area contributed by atoms with Crippen LogP contribution in [0.1, 0.15) is 36.5 Å². The minimum atomic E-state index is -3.28. The van der Waals surface area contributed by atoms with E-state index in [4.69, 9.17) is 4.74 Å². The maximum atomic E-state index is 12.3. The standard InChI is InChI=1S/C22H22N4O3S/c1-2-11-30(27,28)14-16-5-3-6-21(19(16)13-23)29-17-7-8-20-18(12-17)22-24-9-4-10-26(22)15-25-20/h3,5-8,12,15H,2,4,9-11,14H2,1H3. The van der Waals surface area contributed by atoms with Crippen LogP contribution in [0, 0.1) is 11.3 Å². The van der Waals surface area contributed by atoms with Gasteiger partial charge in [0.1, 0.15) is 23.4 Å². The molecule has 2 heterocycles. The lowest BCUT2D eigenvalue weighted by atomic mass is 10.1. The van der Waals surface area contributed by atoms with Crippen LogP contribution in [0.5, 0.6) is 11.5 Å². The Morgan fingerprint density at radius 3 is 2.93 bits per heavy atom. The van der Waals surface area contributed by atoms with Gasteiger partial charge >= 0.3 is 0 Å². The van der Waals surface area contributed by atoms with Crippen LogP contribution in [-0.2, 0) is 15.6 Å². The van der Waals surface area contributed by atoms with E-state index in [1.807, 2.05) is 24.0 Å². The van der Waals surface area contributed by atoms with E-state index in [0.717, 1.165) is 36.6 Å². The Labute approximate surface area is 176 Å². The third-order valence-electron chi connectivity index (χ3n) is 4.98. The van der Waals surface area contributed by atoms with Gasteiger partial charge in [-0.2, -0.15) is 5.26 Å². The molecular weight excluding hydrogens is 400 g/mol. The highest BCUT2D eigenvalue weighted by Crippen LogP contribution is 2.33. The fourth-order valence-corrected chi connectivity index (χ4v) is 5.11. The minimum absolute atomic E-state index is 0.0902. The molecule has 0 N–H and O–H groups in total. The number of nitriles is 1. The summed E-state index contributed by atoms with van der Waals surface area (Å²) < 4.78 is 30.5. The fraction of sp³-hybridized carbons (Fsp3) is 0.318. The SMILES string of the molecule is CCCS(=O)(=O)Cc1cccc(Oc2ccc3c(c2)C2=NCCCN2C=N3)c1C#N. The molecule has 2 aliphatic heterocycles. The van der Waals surface area contributed by atoms with Crippen molar-refractivity contribution in [1.82, 2.24) is 4.90 Å². The van der Waals surface area contributed by atoms with E-state index >= 15 is 0 Å². The molecule has 0 spiro atoms. The molecule has 0 fully saturated rings. The molecule has 0 amide bonds. The van der Waals surface area contributed by atoms with Crippen molar-refractivity contribution in [2.75, 3.05) is 18.8 Å². The van der Waals surface area contributed by atoms with E-state index in [0.29, 0.717) is 23.5 Å². The first-order chi connectivity index (χ1) is 14.5. The zero-order valence-corrected chi connectivity index (χ0v) is 17.5. The normalized spacial score (nSPS) is 15.1. The highest BCUT2D eigenvalue weighted by molar-refractivity contribution is 7.90. The Bertz CT molecular complexity index is 1180. The molecule has 0 saturated carbocycles. The van der Waals surface area contributed by atoms with E-state index in [9.17, 15) is 13.7 Å². The van der Waals surface area contributed by atoms with Crippen LogP contribution < -0.4 is 4.74 Å². The third kappa shape index (κ3) is 4.07. The van der Waals surface area contributed by atoms with Gasteiger partial charge in [0.25, 0.3) is 0 Å². The van der Waals surface area contributed by atoms with Crippen molar-refractivity contribution in [2.24, 2.45) is 9.98 Å². The monoisotopic (exact) mass is 422 g/mol. The fourth-order valence-electron chi connectivity index (χ4n) is 3.63. The van der Waals surface area contributed by atoms with Gasteiger partial charge in [0, 0.05) is 18.7 Å².